The van der Waals surface area contributed by atoms with Gasteiger partial charge in [-0.1, -0.05) is 12.1 Å². The SMILES string of the molecule is ClC1(c2ccc3c(c2)CNCc2nncn2-3)CCC(Oc2ncccn2)CC1. The number of nitrogens with one attached hydrogen (secondary N) is 1. The van der Waals surface area contributed by atoms with Crippen molar-refractivity contribution in [3.8, 4) is 11.7 Å². The molecule has 3 heterocycles. The summed E-state index contributed by atoms with van der Waals surface area (Å²) >= 11 is 7.09. The molecule has 1 saturated carbocycles. The lowest BCUT2D eigenvalue weighted by Crippen LogP contribution is -2.32. The van der Waals surface area contributed by atoms with E-state index in [-0.39, 0.29) is 11.0 Å². The van der Waals surface area contributed by atoms with Crippen molar-refractivity contribution in [1.82, 2.24) is 30.0 Å². The second-order valence-electron chi connectivity index (χ2n) is 7.38. The number of rotatable bonds is 3. The van der Waals surface area contributed by atoms with E-state index in [0.717, 1.165) is 43.7 Å². The molecule has 2 aliphatic rings. The molecule has 1 N–H and O–H groups in total. The van der Waals surface area contributed by atoms with E-state index < -0.39 is 0 Å². The highest BCUT2D eigenvalue weighted by Gasteiger charge is 2.36. The Bertz CT molecular complexity index is 968. The highest BCUT2D eigenvalue weighted by atomic mass is 35.5. The van der Waals surface area contributed by atoms with Crippen molar-refractivity contribution in [2.45, 2.75) is 49.8 Å². The molecule has 2 aromatic heterocycles. The summed E-state index contributed by atoms with van der Waals surface area (Å²) < 4.78 is 7.96. The van der Waals surface area contributed by atoms with E-state index in [1.807, 2.05) is 4.57 Å². The molecule has 7 nitrogen and oxygen atoms in total. The first kappa shape index (κ1) is 17.6. The summed E-state index contributed by atoms with van der Waals surface area (Å²) in [4.78, 5) is 7.94. The Hall–Kier alpha value is -2.51. The smallest absolute Gasteiger partial charge is 0.316 e. The largest absolute Gasteiger partial charge is 0.460 e. The minimum atomic E-state index is -0.366. The first-order valence-corrected chi connectivity index (χ1v) is 9.95. The van der Waals surface area contributed by atoms with Crippen molar-refractivity contribution in [2.24, 2.45) is 0 Å². The van der Waals surface area contributed by atoms with Gasteiger partial charge in [-0.2, -0.15) is 0 Å². The molecule has 0 atom stereocenters. The molecule has 0 saturated heterocycles. The number of hydrogen-bond acceptors (Lipinski definition) is 6. The van der Waals surface area contributed by atoms with Gasteiger partial charge in [-0.3, -0.25) is 4.57 Å². The Morgan fingerprint density at radius 3 is 2.79 bits per heavy atom. The quantitative estimate of drug-likeness (QED) is 0.685. The fraction of sp³-hybridized carbons (Fsp3) is 0.400. The molecule has 1 aromatic carbocycles. The van der Waals surface area contributed by atoms with E-state index in [0.29, 0.717) is 12.6 Å². The monoisotopic (exact) mass is 396 g/mol. The zero-order valence-corrected chi connectivity index (χ0v) is 16.1. The lowest BCUT2D eigenvalue weighted by Gasteiger charge is -2.35. The van der Waals surface area contributed by atoms with Gasteiger partial charge < -0.3 is 10.1 Å². The summed E-state index contributed by atoms with van der Waals surface area (Å²) in [6, 6.07) is 8.73. The van der Waals surface area contributed by atoms with E-state index in [2.05, 4.69) is 43.7 Å². The van der Waals surface area contributed by atoms with E-state index in [9.17, 15) is 0 Å². The molecule has 3 aromatic rings. The second-order valence-corrected chi connectivity index (χ2v) is 8.10. The minimum absolute atomic E-state index is 0.108. The Kier molecular flexibility index (Phi) is 4.49. The highest BCUT2D eigenvalue weighted by molar-refractivity contribution is 6.24. The highest BCUT2D eigenvalue weighted by Crippen LogP contribution is 2.44. The molecule has 1 aliphatic carbocycles. The van der Waals surface area contributed by atoms with Crippen molar-refractivity contribution in [1.29, 1.82) is 0 Å². The van der Waals surface area contributed by atoms with Gasteiger partial charge >= 0.3 is 6.01 Å². The topological polar surface area (TPSA) is 77.8 Å². The van der Waals surface area contributed by atoms with Gasteiger partial charge in [0, 0.05) is 18.9 Å². The van der Waals surface area contributed by atoms with Gasteiger partial charge in [-0.15, -0.1) is 21.8 Å². The summed E-state index contributed by atoms with van der Waals surface area (Å²) in [5.41, 5.74) is 3.50. The molecule has 144 valence electrons. The van der Waals surface area contributed by atoms with Crippen LogP contribution in [0.25, 0.3) is 5.69 Å². The van der Waals surface area contributed by atoms with Crippen LogP contribution in [-0.4, -0.2) is 30.8 Å². The number of halogens is 1. The Labute approximate surface area is 168 Å². The standard InChI is InChI=1S/C20H21ClN6O/c21-20(6-4-16(5-7-20)28-19-23-8-1-9-24-19)15-2-3-17-14(10-15)11-22-12-18-26-25-13-27(17)18/h1-3,8-10,13,16,22H,4-7,11-12H2. The average molecular weight is 397 g/mol. The van der Waals surface area contributed by atoms with Crippen LogP contribution >= 0.6 is 11.6 Å². The van der Waals surface area contributed by atoms with Gasteiger partial charge in [-0.25, -0.2) is 9.97 Å². The van der Waals surface area contributed by atoms with E-state index in [4.69, 9.17) is 16.3 Å². The lowest BCUT2D eigenvalue weighted by atomic mass is 9.81. The van der Waals surface area contributed by atoms with Crippen LogP contribution in [0.3, 0.4) is 0 Å². The maximum Gasteiger partial charge on any atom is 0.316 e. The summed E-state index contributed by atoms with van der Waals surface area (Å²) in [6.07, 6.45) is 8.75. The molecule has 0 radical (unpaired) electrons. The number of alkyl halides is 1. The third-order valence-corrected chi connectivity index (χ3v) is 6.21. The fourth-order valence-corrected chi connectivity index (χ4v) is 4.42. The maximum atomic E-state index is 7.09. The summed E-state index contributed by atoms with van der Waals surface area (Å²) in [5, 5.41) is 11.6. The van der Waals surface area contributed by atoms with Gasteiger partial charge in [0.25, 0.3) is 0 Å². The lowest BCUT2D eigenvalue weighted by molar-refractivity contribution is 0.126. The molecule has 0 bridgehead atoms. The molecule has 1 fully saturated rings. The number of nitrogens with zero attached hydrogens (tertiary/aromatic N) is 5. The zero-order chi connectivity index (χ0) is 19.0. The zero-order valence-electron chi connectivity index (χ0n) is 15.4. The van der Waals surface area contributed by atoms with Crippen molar-refractivity contribution < 1.29 is 4.74 Å². The molecule has 0 unspecified atom stereocenters. The molecule has 28 heavy (non-hydrogen) atoms. The number of ether oxygens (including phenoxy) is 1. The van der Waals surface area contributed by atoms with Crippen molar-refractivity contribution in [3.63, 3.8) is 0 Å². The van der Waals surface area contributed by atoms with Crippen LogP contribution in [0.5, 0.6) is 6.01 Å². The van der Waals surface area contributed by atoms with E-state index in [1.54, 1.807) is 24.8 Å². The van der Waals surface area contributed by atoms with Crippen LogP contribution in [0.4, 0.5) is 0 Å². The fourth-order valence-electron chi connectivity index (χ4n) is 4.08. The molecule has 5 rings (SSSR count). The number of aromatic nitrogens is 5. The van der Waals surface area contributed by atoms with Crippen molar-refractivity contribution >= 4 is 11.6 Å². The number of benzene rings is 1. The van der Waals surface area contributed by atoms with Crippen LogP contribution in [0.1, 0.15) is 42.6 Å². The van der Waals surface area contributed by atoms with Crippen LogP contribution in [-0.2, 0) is 18.0 Å². The Morgan fingerprint density at radius 1 is 1.14 bits per heavy atom. The van der Waals surface area contributed by atoms with Crippen LogP contribution in [0.2, 0.25) is 0 Å². The van der Waals surface area contributed by atoms with Crippen molar-refractivity contribution in [2.75, 3.05) is 0 Å². The van der Waals surface area contributed by atoms with E-state index >= 15 is 0 Å². The number of hydrogen-bond donors (Lipinski definition) is 1. The molecular formula is C20H21ClN6O. The number of fused-ring (bicyclic) bond motifs is 3. The third kappa shape index (κ3) is 3.25. The Morgan fingerprint density at radius 2 is 1.96 bits per heavy atom. The Balaban J connectivity index is 1.34. The normalized spacial score (nSPS) is 24.1. The van der Waals surface area contributed by atoms with Gasteiger partial charge in [0.05, 0.1) is 17.1 Å². The molecule has 8 heteroatoms. The van der Waals surface area contributed by atoms with Crippen LogP contribution in [0.15, 0.2) is 43.0 Å². The molecular weight excluding hydrogens is 376 g/mol. The minimum Gasteiger partial charge on any atom is -0.460 e. The van der Waals surface area contributed by atoms with Crippen molar-refractivity contribution in [3.05, 3.63) is 59.9 Å². The average Bonchev–Trinajstić information content (AvgIpc) is 3.12. The molecule has 1 aliphatic heterocycles. The third-order valence-electron chi connectivity index (χ3n) is 5.61. The van der Waals surface area contributed by atoms with Gasteiger partial charge in [0.1, 0.15) is 12.4 Å². The summed E-state index contributed by atoms with van der Waals surface area (Å²) in [5.74, 6) is 0.924. The first-order valence-electron chi connectivity index (χ1n) is 9.57. The van der Waals surface area contributed by atoms with E-state index in [1.165, 1.54) is 11.1 Å². The molecule has 0 spiro atoms. The van der Waals surface area contributed by atoms with Gasteiger partial charge in [0.2, 0.25) is 0 Å². The predicted molar refractivity (Wildman–Crippen MR) is 104 cm³/mol. The predicted octanol–water partition coefficient (Wildman–Crippen LogP) is 3.12. The van der Waals surface area contributed by atoms with Crippen LogP contribution in [0, 0.1) is 0 Å². The second kappa shape index (κ2) is 7.14. The molecule has 0 amide bonds. The summed E-state index contributed by atoms with van der Waals surface area (Å²) in [6.45, 7) is 1.49. The maximum absolute atomic E-state index is 7.09. The first-order chi connectivity index (χ1) is 13.7. The van der Waals surface area contributed by atoms with Gasteiger partial charge in [0.15, 0.2) is 5.82 Å². The van der Waals surface area contributed by atoms with Crippen LogP contribution < -0.4 is 10.1 Å². The van der Waals surface area contributed by atoms with Gasteiger partial charge in [-0.05, 0) is 48.9 Å². The summed E-state index contributed by atoms with van der Waals surface area (Å²) in [7, 11) is 0.